The number of aromatic nitrogens is 2. The van der Waals surface area contributed by atoms with Gasteiger partial charge in [-0.05, 0) is 40.9 Å². The maximum absolute atomic E-state index is 11.6. The molecule has 1 aromatic heterocycles. The molecule has 112 valence electrons. The molecule has 2 aromatic rings. The summed E-state index contributed by atoms with van der Waals surface area (Å²) in [5.41, 5.74) is 2.78. The number of carboxylic acids is 1. The van der Waals surface area contributed by atoms with Crippen LogP contribution < -0.4 is 0 Å². The van der Waals surface area contributed by atoms with E-state index in [1.54, 1.807) is 4.68 Å². The summed E-state index contributed by atoms with van der Waals surface area (Å²) in [6.07, 6.45) is 0.919. The third-order valence-corrected chi connectivity index (χ3v) is 5.28. The van der Waals surface area contributed by atoms with Gasteiger partial charge >= 0.3 is 5.97 Å². The molecule has 0 amide bonds. The van der Waals surface area contributed by atoms with Gasteiger partial charge < -0.3 is 5.11 Å². The predicted molar refractivity (Wildman–Crippen MR) is 88.3 cm³/mol. The second-order valence-corrected chi connectivity index (χ2v) is 6.65. The van der Waals surface area contributed by atoms with E-state index in [1.807, 2.05) is 38.2 Å². The van der Waals surface area contributed by atoms with Crippen LogP contribution in [0, 0.1) is 12.8 Å². The third-order valence-electron chi connectivity index (χ3n) is 3.47. The summed E-state index contributed by atoms with van der Waals surface area (Å²) in [5.74, 6) is -1.29. The van der Waals surface area contributed by atoms with Gasteiger partial charge in [-0.15, -0.1) is 0 Å². The number of hydrogen-bond donors (Lipinski definition) is 1. The van der Waals surface area contributed by atoms with Crippen molar-refractivity contribution < 1.29 is 9.90 Å². The predicted octanol–water partition coefficient (Wildman–Crippen LogP) is 3.74. The van der Waals surface area contributed by atoms with Gasteiger partial charge in [-0.3, -0.25) is 9.48 Å². The molecule has 0 aliphatic carbocycles. The fourth-order valence-electron chi connectivity index (χ4n) is 2.31. The van der Waals surface area contributed by atoms with Crippen LogP contribution in [0.15, 0.2) is 33.2 Å². The summed E-state index contributed by atoms with van der Waals surface area (Å²) in [7, 11) is 1.84. The quantitative estimate of drug-likeness (QED) is 0.809. The molecule has 0 fully saturated rings. The van der Waals surface area contributed by atoms with E-state index >= 15 is 0 Å². The molecular formula is C15H16Br2N2O2. The van der Waals surface area contributed by atoms with Crippen LogP contribution in [0.3, 0.4) is 0 Å². The van der Waals surface area contributed by atoms with Gasteiger partial charge in [0, 0.05) is 17.9 Å². The number of halogens is 2. The zero-order valence-electron chi connectivity index (χ0n) is 11.8. The molecule has 21 heavy (non-hydrogen) atoms. The number of nitrogens with zero attached hydrogens (tertiary/aromatic N) is 2. The molecule has 2 rings (SSSR count). The van der Waals surface area contributed by atoms with Gasteiger partial charge in [0.1, 0.15) is 0 Å². The molecule has 1 heterocycles. The highest BCUT2D eigenvalue weighted by Gasteiger charge is 2.23. The van der Waals surface area contributed by atoms with Crippen LogP contribution in [0.1, 0.15) is 17.0 Å². The Bertz CT molecular complexity index is 668. The molecule has 0 aliphatic heterocycles. The fourth-order valence-corrected chi connectivity index (χ4v) is 3.26. The lowest BCUT2D eigenvalue weighted by Crippen LogP contribution is -2.21. The molecule has 1 unspecified atom stereocenters. The normalized spacial score (nSPS) is 12.4. The Morgan fingerprint density at radius 3 is 2.52 bits per heavy atom. The van der Waals surface area contributed by atoms with Gasteiger partial charge in [0.15, 0.2) is 0 Å². The van der Waals surface area contributed by atoms with E-state index in [0.29, 0.717) is 12.8 Å². The zero-order valence-corrected chi connectivity index (χ0v) is 15.0. The first kappa shape index (κ1) is 16.2. The topological polar surface area (TPSA) is 55.1 Å². The van der Waals surface area contributed by atoms with Crippen molar-refractivity contribution in [1.82, 2.24) is 9.78 Å². The lowest BCUT2D eigenvalue weighted by Gasteiger charge is -2.14. The lowest BCUT2D eigenvalue weighted by atomic mass is 9.94. The van der Waals surface area contributed by atoms with Crippen LogP contribution in [-0.2, 0) is 24.7 Å². The molecule has 0 spiro atoms. The Balaban J connectivity index is 2.24. The average Bonchev–Trinajstić information content (AvgIpc) is 2.66. The van der Waals surface area contributed by atoms with Crippen molar-refractivity contribution in [3.05, 3.63) is 50.2 Å². The summed E-state index contributed by atoms with van der Waals surface area (Å²) < 4.78 is 3.58. The Morgan fingerprint density at radius 2 is 2.00 bits per heavy atom. The number of aliphatic carboxylic acids is 1. The van der Waals surface area contributed by atoms with Gasteiger partial charge in [-0.25, -0.2) is 0 Å². The Morgan fingerprint density at radius 1 is 1.33 bits per heavy atom. The molecule has 4 nitrogen and oxygen atoms in total. The largest absolute Gasteiger partial charge is 0.481 e. The number of aryl methyl sites for hydroxylation is 2. The second kappa shape index (κ2) is 6.75. The van der Waals surface area contributed by atoms with E-state index < -0.39 is 11.9 Å². The van der Waals surface area contributed by atoms with Gasteiger partial charge in [-0.2, -0.15) is 5.10 Å². The summed E-state index contributed by atoms with van der Waals surface area (Å²) in [6, 6.07) is 7.72. The summed E-state index contributed by atoms with van der Waals surface area (Å²) in [6.45, 7) is 1.90. The minimum absolute atomic E-state index is 0.439. The molecule has 0 radical (unpaired) electrons. The average molecular weight is 416 g/mol. The van der Waals surface area contributed by atoms with Crippen LogP contribution in [-0.4, -0.2) is 20.9 Å². The van der Waals surface area contributed by atoms with E-state index in [0.717, 1.165) is 25.9 Å². The van der Waals surface area contributed by atoms with Crippen molar-refractivity contribution in [2.24, 2.45) is 13.0 Å². The Hall–Kier alpha value is -1.14. The summed E-state index contributed by atoms with van der Waals surface area (Å²) in [5, 5.41) is 13.8. The van der Waals surface area contributed by atoms with Crippen molar-refractivity contribution >= 4 is 37.8 Å². The molecule has 1 N–H and O–H groups in total. The zero-order chi connectivity index (χ0) is 15.6. The van der Waals surface area contributed by atoms with Crippen molar-refractivity contribution in [3.63, 3.8) is 0 Å². The van der Waals surface area contributed by atoms with E-state index in [9.17, 15) is 9.90 Å². The van der Waals surface area contributed by atoms with Crippen LogP contribution in [0.4, 0.5) is 0 Å². The standard InChI is InChI=1S/C15H16Br2N2O2/c1-9-14(17)13(19(2)18-9)8-11(15(20)21)7-10-5-3-4-6-12(10)16/h3-6,11H,7-8H2,1-2H3,(H,20,21). The van der Waals surface area contributed by atoms with Crippen molar-refractivity contribution in [3.8, 4) is 0 Å². The number of benzene rings is 1. The molecule has 0 bridgehead atoms. The smallest absolute Gasteiger partial charge is 0.307 e. The minimum atomic E-state index is -0.795. The maximum atomic E-state index is 11.6. The first-order chi connectivity index (χ1) is 9.90. The van der Waals surface area contributed by atoms with Crippen molar-refractivity contribution in [2.45, 2.75) is 19.8 Å². The second-order valence-electron chi connectivity index (χ2n) is 5.00. The van der Waals surface area contributed by atoms with Crippen molar-refractivity contribution in [1.29, 1.82) is 0 Å². The number of rotatable bonds is 5. The van der Waals surface area contributed by atoms with Crippen LogP contribution >= 0.6 is 31.9 Å². The number of carboxylic acid groups (broad SMARTS) is 1. The van der Waals surface area contributed by atoms with Crippen LogP contribution in [0.2, 0.25) is 0 Å². The fraction of sp³-hybridized carbons (Fsp3) is 0.333. The SMILES string of the molecule is Cc1nn(C)c(CC(Cc2ccccc2Br)C(=O)O)c1Br. The van der Waals surface area contributed by atoms with Crippen LogP contribution in [0.25, 0.3) is 0 Å². The molecule has 1 aromatic carbocycles. The Labute approximate surface area is 140 Å². The highest BCUT2D eigenvalue weighted by atomic mass is 79.9. The van der Waals surface area contributed by atoms with Crippen LogP contribution in [0.5, 0.6) is 0 Å². The van der Waals surface area contributed by atoms with Gasteiger partial charge in [0.05, 0.1) is 21.8 Å². The lowest BCUT2D eigenvalue weighted by molar-refractivity contribution is -0.141. The molecule has 1 atom stereocenters. The maximum Gasteiger partial charge on any atom is 0.307 e. The number of carbonyl (C=O) groups is 1. The van der Waals surface area contributed by atoms with Gasteiger partial charge in [0.2, 0.25) is 0 Å². The molecule has 0 saturated carbocycles. The highest BCUT2D eigenvalue weighted by Crippen LogP contribution is 2.26. The van der Waals surface area contributed by atoms with Gasteiger partial charge in [-0.1, -0.05) is 34.1 Å². The minimum Gasteiger partial charge on any atom is -0.481 e. The van der Waals surface area contributed by atoms with E-state index in [1.165, 1.54) is 0 Å². The Kier molecular flexibility index (Phi) is 5.22. The van der Waals surface area contributed by atoms with Crippen molar-refractivity contribution in [2.75, 3.05) is 0 Å². The molecule has 0 aliphatic rings. The molecule has 0 saturated heterocycles. The monoisotopic (exact) mass is 414 g/mol. The van der Waals surface area contributed by atoms with E-state index in [4.69, 9.17) is 0 Å². The summed E-state index contributed by atoms with van der Waals surface area (Å²) in [4.78, 5) is 11.6. The molecular weight excluding hydrogens is 400 g/mol. The first-order valence-electron chi connectivity index (χ1n) is 6.54. The third kappa shape index (κ3) is 3.74. The van der Waals surface area contributed by atoms with Gasteiger partial charge in [0.25, 0.3) is 0 Å². The molecule has 6 heteroatoms. The summed E-state index contributed by atoms with van der Waals surface area (Å²) >= 11 is 6.97. The van der Waals surface area contributed by atoms with E-state index in [2.05, 4.69) is 37.0 Å². The van der Waals surface area contributed by atoms with E-state index in [-0.39, 0.29) is 0 Å². The highest BCUT2D eigenvalue weighted by molar-refractivity contribution is 9.10. The first-order valence-corrected chi connectivity index (χ1v) is 8.13. The number of hydrogen-bond acceptors (Lipinski definition) is 2.